The summed E-state index contributed by atoms with van der Waals surface area (Å²) in [4.78, 5) is 19.4. The number of aryl methyl sites for hydroxylation is 1. The van der Waals surface area contributed by atoms with Crippen LogP contribution in [0.4, 0.5) is 0 Å². The van der Waals surface area contributed by atoms with Gasteiger partial charge in [0.15, 0.2) is 0 Å². The molecule has 0 spiro atoms. The van der Waals surface area contributed by atoms with Gasteiger partial charge in [-0.3, -0.25) is 4.79 Å². The van der Waals surface area contributed by atoms with Crippen molar-refractivity contribution in [1.82, 2.24) is 14.5 Å². The monoisotopic (exact) mass is 300 g/mol. The van der Waals surface area contributed by atoms with E-state index in [0.29, 0.717) is 6.54 Å². The molecular formula is C17H24N4O. The van der Waals surface area contributed by atoms with Gasteiger partial charge in [0, 0.05) is 25.6 Å². The molecule has 0 radical (unpaired) electrons. The van der Waals surface area contributed by atoms with E-state index in [1.165, 1.54) is 0 Å². The molecule has 1 aromatic carbocycles. The van der Waals surface area contributed by atoms with Gasteiger partial charge in [0.2, 0.25) is 5.91 Å². The summed E-state index contributed by atoms with van der Waals surface area (Å²) in [6.07, 6.45) is 2.01. The zero-order chi connectivity index (χ0) is 15.7. The van der Waals surface area contributed by atoms with E-state index in [0.717, 1.165) is 42.8 Å². The lowest BCUT2D eigenvalue weighted by molar-refractivity contribution is -0.135. The van der Waals surface area contributed by atoms with Gasteiger partial charge in [0.1, 0.15) is 5.82 Å². The van der Waals surface area contributed by atoms with Crippen LogP contribution in [0.2, 0.25) is 0 Å². The summed E-state index contributed by atoms with van der Waals surface area (Å²) in [5, 5.41) is 0. The molecule has 2 aromatic rings. The van der Waals surface area contributed by atoms with E-state index in [9.17, 15) is 4.79 Å². The molecule has 1 fully saturated rings. The van der Waals surface area contributed by atoms with Crippen LogP contribution in [0.1, 0.15) is 38.6 Å². The van der Waals surface area contributed by atoms with E-state index >= 15 is 0 Å². The fourth-order valence-corrected chi connectivity index (χ4v) is 3.36. The molecule has 2 heterocycles. The van der Waals surface area contributed by atoms with Gasteiger partial charge < -0.3 is 15.2 Å². The van der Waals surface area contributed by atoms with Gasteiger partial charge in [-0.05, 0) is 31.9 Å². The Balaban J connectivity index is 2.00. The normalized spacial score (nSPS) is 19.8. The molecule has 1 aliphatic rings. The first-order chi connectivity index (χ1) is 10.7. The van der Waals surface area contributed by atoms with E-state index in [-0.39, 0.29) is 17.9 Å². The number of likely N-dealkylation sites (tertiary alicyclic amines) is 1. The first-order valence-electron chi connectivity index (χ1n) is 8.13. The molecule has 0 bridgehead atoms. The first kappa shape index (κ1) is 15.0. The third kappa shape index (κ3) is 2.39. The van der Waals surface area contributed by atoms with Gasteiger partial charge in [-0.1, -0.05) is 19.1 Å². The quantitative estimate of drug-likeness (QED) is 0.942. The Morgan fingerprint density at radius 3 is 2.95 bits per heavy atom. The third-order valence-corrected chi connectivity index (χ3v) is 4.61. The predicted octanol–water partition coefficient (Wildman–Crippen LogP) is 2.31. The lowest BCUT2D eigenvalue weighted by atomic mass is 10.1. The molecule has 1 aromatic heterocycles. The molecule has 118 valence electrons. The second-order valence-corrected chi connectivity index (χ2v) is 6.03. The molecule has 2 N–H and O–H groups in total. The van der Waals surface area contributed by atoms with Crippen LogP contribution in [0.3, 0.4) is 0 Å². The maximum atomic E-state index is 12.6. The van der Waals surface area contributed by atoms with Crippen molar-refractivity contribution in [2.45, 2.75) is 39.3 Å². The smallest absolute Gasteiger partial charge is 0.227 e. The Morgan fingerprint density at radius 2 is 2.23 bits per heavy atom. The number of benzene rings is 1. The molecule has 0 aliphatic carbocycles. The minimum atomic E-state index is -0.125. The lowest BCUT2D eigenvalue weighted by Gasteiger charge is -2.27. The number of amides is 1. The van der Waals surface area contributed by atoms with Crippen LogP contribution in [0.15, 0.2) is 24.3 Å². The van der Waals surface area contributed by atoms with Gasteiger partial charge in [0.05, 0.1) is 17.1 Å². The van der Waals surface area contributed by atoms with E-state index in [1.54, 1.807) is 0 Å². The Labute approximate surface area is 131 Å². The molecule has 3 rings (SSSR count). The number of imidazole rings is 1. The molecule has 2 atom stereocenters. The van der Waals surface area contributed by atoms with E-state index < -0.39 is 0 Å². The number of para-hydroxylation sites is 2. The van der Waals surface area contributed by atoms with Crippen LogP contribution in [-0.2, 0) is 11.3 Å². The summed E-state index contributed by atoms with van der Waals surface area (Å²) in [5.41, 5.74) is 7.82. The van der Waals surface area contributed by atoms with Gasteiger partial charge in [-0.2, -0.15) is 0 Å². The molecule has 22 heavy (non-hydrogen) atoms. The minimum absolute atomic E-state index is 0.0776. The van der Waals surface area contributed by atoms with E-state index in [2.05, 4.69) is 17.6 Å². The highest BCUT2D eigenvalue weighted by molar-refractivity contribution is 5.80. The maximum absolute atomic E-state index is 12.6. The Kier molecular flexibility index (Phi) is 4.16. The van der Waals surface area contributed by atoms with Crippen molar-refractivity contribution in [1.29, 1.82) is 0 Å². The minimum Gasteiger partial charge on any atom is -0.332 e. The Bertz CT molecular complexity index is 678. The summed E-state index contributed by atoms with van der Waals surface area (Å²) in [6.45, 7) is 6.09. The van der Waals surface area contributed by atoms with Crippen molar-refractivity contribution in [3.63, 3.8) is 0 Å². The highest BCUT2D eigenvalue weighted by atomic mass is 16.2. The number of carbonyl (C=O) groups excluding carboxylic acids is 1. The molecule has 5 nitrogen and oxygen atoms in total. The zero-order valence-corrected chi connectivity index (χ0v) is 13.3. The standard InChI is InChI=1S/C17H24N4O/c1-3-20-14-8-5-4-7-13(14)19-16(20)15-9-6-10-21(15)17(22)12(2)11-18/h4-5,7-8,12,15H,3,6,9-11,18H2,1-2H3. The molecule has 2 unspecified atom stereocenters. The number of carbonyl (C=O) groups is 1. The molecular weight excluding hydrogens is 276 g/mol. The van der Waals surface area contributed by atoms with Crippen LogP contribution in [0, 0.1) is 5.92 Å². The summed E-state index contributed by atoms with van der Waals surface area (Å²) in [6, 6.07) is 8.25. The number of hydrogen-bond acceptors (Lipinski definition) is 3. The number of rotatable bonds is 4. The fraction of sp³-hybridized carbons (Fsp3) is 0.529. The van der Waals surface area contributed by atoms with Crippen molar-refractivity contribution in [2.24, 2.45) is 11.7 Å². The predicted molar refractivity (Wildman–Crippen MR) is 87.3 cm³/mol. The SMILES string of the molecule is CCn1c(C2CCCN2C(=O)C(C)CN)nc2ccccc21. The van der Waals surface area contributed by atoms with E-state index in [4.69, 9.17) is 10.7 Å². The maximum Gasteiger partial charge on any atom is 0.227 e. The third-order valence-electron chi connectivity index (χ3n) is 4.61. The summed E-state index contributed by atoms with van der Waals surface area (Å²) in [5.74, 6) is 1.04. The van der Waals surface area contributed by atoms with Crippen LogP contribution in [-0.4, -0.2) is 33.4 Å². The van der Waals surface area contributed by atoms with Gasteiger partial charge in [0.25, 0.3) is 0 Å². The van der Waals surface area contributed by atoms with Crippen molar-refractivity contribution < 1.29 is 4.79 Å². The molecule has 1 aliphatic heterocycles. The number of nitrogens with two attached hydrogens (primary N) is 1. The van der Waals surface area contributed by atoms with Crippen LogP contribution in [0.5, 0.6) is 0 Å². The van der Waals surface area contributed by atoms with Crippen LogP contribution < -0.4 is 5.73 Å². The van der Waals surface area contributed by atoms with Gasteiger partial charge >= 0.3 is 0 Å². The first-order valence-corrected chi connectivity index (χ1v) is 8.13. The highest BCUT2D eigenvalue weighted by Crippen LogP contribution is 2.34. The average Bonchev–Trinajstić information content (AvgIpc) is 3.16. The summed E-state index contributed by atoms with van der Waals surface area (Å²) in [7, 11) is 0. The van der Waals surface area contributed by atoms with Gasteiger partial charge in [-0.15, -0.1) is 0 Å². The van der Waals surface area contributed by atoms with Gasteiger partial charge in [-0.25, -0.2) is 4.98 Å². The fourth-order valence-electron chi connectivity index (χ4n) is 3.36. The molecule has 1 amide bonds. The topological polar surface area (TPSA) is 64.2 Å². The zero-order valence-electron chi connectivity index (χ0n) is 13.3. The Morgan fingerprint density at radius 1 is 1.45 bits per heavy atom. The van der Waals surface area contributed by atoms with Crippen molar-refractivity contribution >= 4 is 16.9 Å². The van der Waals surface area contributed by atoms with E-state index in [1.807, 2.05) is 30.0 Å². The molecule has 5 heteroatoms. The number of nitrogens with zero attached hydrogens (tertiary/aromatic N) is 3. The molecule has 0 saturated carbocycles. The lowest BCUT2D eigenvalue weighted by Crippen LogP contribution is -2.38. The summed E-state index contributed by atoms with van der Waals surface area (Å²) >= 11 is 0. The summed E-state index contributed by atoms with van der Waals surface area (Å²) < 4.78 is 2.23. The van der Waals surface area contributed by atoms with Crippen LogP contribution >= 0.6 is 0 Å². The van der Waals surface area contributed by atoms with Crippen LogP contribution in [0.25, 0.3) is 11.0 Å². The highest BCUT2D eigenvalue weighted by Gasteiger charge is 2.34. The number of hydrogen-bond donors (Lipinski definition) is 1. The number of fused-ring (bicyclic) bond motifs is 1. The largest absolute Gasteiger partial charge is 0.332 e. The second-order valence-electron chi connectivity index (χ2n) is 6.03. The molecule has 1 saturated heterocycles. The van der Waals surface area contributed by atoms with Crippen molar-refractivity contribution in [3.8, 4) is 0 Å². The Hall–Kier alpha value is -1.88. The van der Waals surface area contributed by atoms with Crippen molar-refractivity contribution in [3.05, 3.63) is 30.1 Å². The number of aromatic nitrogens is 2. The van der Waals surface area contributed by atoms with Crippen molar-refractivity contribution in [2.75, 3.05) is 13.1 Å². The average molecular weight is 300 g/mol. The second kappa shape index (κ2) is 6.08.